The largest absolute Gasteiger partial charge is 0.417 e. The van der Waals surface area contributed by atoms with Crippen molar-refractivity contribution >= 4 is 26.8 Å². The van der Waals surface area contributed by atoms with Gasteiger partial charge in [0.2, 0.25) is 0 Å². The second-order valence-electron chi connectivity index (χ2n) is 5.63. The molecule has 7 heteroatoms. The van der Waals surface area contributed by atoms with Crippen LogP contribution in [0.5, 0.6) is 0 Å². The number of halogens is 4. The van der Waals surface area contributed by atoms with Crippen LogP contribution in [0.4, 0.5) is 13.2 Å². The lowest BCUT2D eigenvalue weighted by molar-refractivity contribution is -0.138. The summed E-state index contributed by atoms with van der Waals surface area (Å²) in [5, 5.41) is 4.94. The molecule has 3 nitrogen and oxygen atoms in total. The maximum atomic E-state index is 13.2. The van der Waals surface area contributed by atoms with E-state index in [2.05, 4.69) is 21.0 Å². The quantitative estimate of drug-likeness (QED) is 0.689. The number of alkyl halides is 3. The molecule has 1 atom stereocenters. The van der Waals surface area contributed by atoms with E-state index in [0.717, 1.165) is 19.3 Å². The normalized spacial score (nSPS) is 19.8. The van der Waals surface area contributed by atoms with E-state index in [9.17, 15) is 13.2 Å². The molecule has 1 unspecified atom stereocenters. The van der Waals surface area contributed by atoms with Crippen LogP contribution in [0.2, 0.25) is 0 Å². The van der Waals surface area contributed by atoms with Crippen LogP contribution in [0, 0.1) is 13.8 Å². The van der Waals surface area contributed by atoms with Gasteiger partial charge in [-0.1, -0.05) is 0 Å². The number of nitrogens with zero attached hydrogens (tertiary/aromatic N) is 2. The summed E-state index contributed by atoms with van der Waals surface area (Å²) in [6, 6.07) is 1.56. The number of ether oxygens (including phenoxy) is 1. The van der Waals surface area contributed by atoms with Crippen molar-refractivity contribution in [2.45, 2.75) is 45.5 Å². The van der Waals surface area contributed by atoms with Gasteiger partial charge < -0.3 is 4.74 Å². The highest BCUT2D eigenvalue weighted by atomic mass is 79.9. The Balaban J connectivity index is 2.23. The fourth-order valence-electron chi connectivity index (χ4n) is 3.03. The van der Waals surface area contributed by atoms with Crippen LogP contribution in [0.1, 0.15) is 42.3 Å². The number of benzene rings is 1. The lowest BCUT2D eigenvalue weighted by atomic mass is 10.0. The van der Waals surface area contributed by atoms with Crippen LogP contribution >= 0.6 is 15.9 Å². The maximum absolute atomic E-state index is 13.2. The lowest BCUT2D eigenvalue weighted by Crippen LogP contribution is -2.19. The van der Waals surface area contributed by atoms with E-state index in [-0.39, 0.29) is 16.3 Å². The predicted octanol–water partition coefficient (Wildman–Crippen LogP) is 5.13. The molecule has 3 rings (SSSR count). The van der Waals surface area contributed by atoms with Gasteiger partial charge in [-0.05, 0) is 60.7 Å². The minimum absolute atomic E-state index is 0.0644. The van der Waals surface area contributed by atoms with E-state index in [1.807, 2.05) is 0 Å². The fraction of sp³-hybridized carbons (Fsp3) is 0.533. The minimum Gasteiger partial charge on any atom is -0.356 e. The summed E-state index contributed by atoms with van der Waals surface area (Å²) in [7, 11) is 0. The van der Waals surface area contributed by atoms with Crippen LogP contribution in [-0.2, 0) is 10.9 Å². The Bertz CT molecular complexity index is 718. The minimum atomic E-state index is -4.40. The zero-order valence-electron chi connectivity index (χ0n) is 12.3. The van der Waals surface area contributed by atoms with Gasteiger partial charge in [0, 0.05) is 16.5 Å². The zero-order chi connectivity index (χ0) is 16.1. The van der Waals surface area contributed by atoms with E-state index < -0.39 is 11.7 Å². The van der Waals surface area contributed by atoms with Crippen LogP contribution in [0.15, 0.2) is 10.5 Å². The van der Waals surface area contributed by atoms with Gasteiger partial charge >= 0.3 is 6.18 Å². The molecular weight excluding hydrogens is 361 g/mol. The highest BCUT2D eigenvalue weighted by Crippen LogP contribution is 2.42. The zero-order valence-corrected chi connectivity index (χ0v) is 13.9. The van der Waals surface area contributed by atoms with Crippen molar-refractivity contribution in [1.82, 2.24) is 9.78 Å². The molecule has 2 heterocycles. The van der Waals surface area contributed by atoms with E-state index in [4.69, 9.17) is 4.74 Å². The van der Waals surface area contributed by atoms with Gasteiger partial charge in [0.05, 0.1) is 16.8 Å². The third-order valence-corrected chi connectivity index (χ3v) is 4.81. The van der Waals surface area contributed by atoms with Gasteiger partial charge in [0.1, 0.15) is 0 Å². The molecule has 1 aliphatic rings. The fourth-order valence-corrected chi connectivity index (χ4v) is 4.06. The third kappa shape index (κ3) is 2.54. The smallest absolute Gasteiger partial charge is 0.356 e. The predicted molar refractivity (Wildman–Crippen MR) is 80.7 cm³/mol. The first-order valence-corrected chi connectivity index (χ1v) is 7.96. The van der Waals surface area contributed by atoms with Crippen LogP contribution < -0.4 is 0 Å². The number of aryl methyl sites for hydroxylation is 2. The molecule has 1 aliphatic heterocycles. The average Bonchev–Trinajstić information content (AvgIpc) is 2.75. The Morgan fingerprint density at radius 1 is 1.32 bits per heavy atom. The molecule has 22 heavy (non-hydrogen) atoms. The van der Waals surface area contributed by atoms with Gasteiger partial charge in [0.15, 0.2) is 6.23 Å². The van der Waals surface area contributed by atoms with Crippen molar-refractivity contribution in [3.05, 3.63) is 27.4 Å². The van der Waals surface area contributed by atoms with Gasteiger partial charge in [-0.15, -0.1) is 0 Å². The molecule has 1 fully saturated rings. The SMILES string of the molecule is Cc1cc2c(c(C)nn2C2CCCCO2)c(Br)c1C(F)(F)F. The molecule has 2 aromatic rings. The molecule has 0 bridgehead atoms. The Hall–Kier alpha value is -1.08. The number of aromatic nitrogens is 2. The van der Waals surface area contributed by atoms with Gasteiger partial charge in [-0.2, -0.15) is 18.3 Å². The van der Waals surface area contributed by atoms with Crippen LogP contribution in [0.3, 0.4) is 0 Å². The van der Waals surface area contributed by atoms with Crippen molar-refractivity contribution < 1.29 is 17.9 Å². The van der Waals surface area contributed by atoms with Crippen molar-refractivity contribution in [2.75, 3.05) is 6.61 Å². The highest BCUT2D eigenvalue weighted by Gasteiger charge is 2.37. The Morgan fingerprint density at radius 2 is 2.05 bits per heavy atom. The van der Waals surface area contributed by atoms with E-state index in [1.165, 1.54) is 6.92 Å². The summed E-state index contributed by atoms with van der Waals surface area (Å²) in [6.07, 6.45) is -1.73. The van der Waals surface area contributed by atoms with Crippen molar-refractivity contribution in [3.63, 3.8) is 0 Å². The second-order valence-corrected chi connectivity index (χ2v) is 6.42. The molecule has 1 aromatic heterocycles. The number of hydrogen-bond acceptors (Lipinski definition) is 2. The summed E-state index contributed by atoms with van der Waals surface area (Å²) in [5.41, 5.74) is 0.805. The van der Waals surface area contributed by atoms with Crippen molar-refractivity contribution in [1.29, 1.82) is 0 Å². The third-order valence-electron chi connectivity index (χ3n) is 4.02. The summed E-state index contributed by atoms with van der Waals surface area (Å²) in [6.45, 7) is 3.86. The second kappa shape index (κ2) is 5.53. The van der Waals surface area contributed by atoms with Gasteiger partial charge in [-0.3, -0.25) is 0 Å². The first-order valence-electron chi connectivity index (χ1n) is 7.17. The standard InChI is InChI=1S/C15H16BrF3N2O/c1-8-7-10-12(14(16)13(8)15(17,18)19)9(2)20-21(10)11-5-3-4-6-22-11/h7,11H,3-6H2,1-2H3. The van der Waals surface area contributed by atoms with E-state index >= 15 is 0 Å². The Kier molecular flexibility index (Phi) is 3.97. The molecule has 1 saturated heterocycles. The number of rotatable bonds is 1. The lowest BCUT2D eigenvalue weighted by Gasteiger charge is -2.24. The van der Waals surface area contributed by atoms with Crippen LogP contribution in [0.25, 0.3) is 10.9 Å². The monoisotopic (exact) mass is 376 g/mol. The molecule has 0 spiro atoms. The van der Waals surface area contributed by atoms with Crippen molar-refractivity contribution in [2.24, 2.45) is 0 Å². The molecule has 0 amide bonds. The first kappa shape index (κ1) is 15.8. The van der Waals surface area contributed by atoms with Crippen LogP contribution in [-0.4, -0.2) is 16.4 Å². The molecule has 0 saturated carbocycles. The molecule has 0 radical (unpaired) electrons. The van der Waals surface area contributed by atoms with E-state index in [0.29, 0.717) is 23.2 Å². The van der Waals surface area contributed by atoms with Gasteiger partial charge in [-0.25, -0.2) is 4.68 Å². The maximum Gasteiger partial charge on any atom is 0.417 e. The Labute approximate surface area is 134 Å². The number of hydrogen-bond donors (Lipinski definition) is 0. The average molecular weight is 377 g/mol. The summed E-state index contributed by atoms with van der Waals surface area (Å²) in [5.74, 6) is 0. The summed E-state index contributed by atoms with van der Waals surface area (Å²) >= 11 is 3.14. The first-order chi connectivity index (χ1) is 10.3. The molecule has 120 valence electrons. The number of fused-ring (bicyclic) bond motifs is 1. The molecule has 1 aromatic carbocycles. The van der Waals surface area contributed by atoms with Gasteiger partial charge in [0.25, 0.3) is 0 Å². The molecule has 0 N–H and O–H groups in total. The molecule has 0 aliphatic carbocycles. The highest BCUT2D eigenvalue weighted by molar-refractivity contribution is 9.10. The summed E-state index contributed by atoms with van der Waals surface area (Å²) < 4.78 is 47.3. The Morgan fingerprint density at radius 3 is 2.64 bits per heavy atom. The van der Waals surface area contributed by atoms with E-state index in [1.54, 1.807) is 17.7 Å². The van der Waals surface area contributed by atoms with Crippen molar-refractivity contribution in [3.8, 4) is 0 Å². The summed E-state index contributed by atoms with van der Waals surface area (Å²) in [4.78, 5) is 0. The topological polar surface area (TPSA) is 27.1 Å². The molecular formula is C15H16BrF3N2O.